The molecule has 0 heterocycles. The van der Waals surface area contributed by atoms with E-state index in [2.05, 4.69) is 0 Å². The van der Waals surface area contributed by atoms with Crippen LogP contribution in [0.2, 0.25) is 0 Å². The maximum Gasteiger partial charge on any atom is 0.326 e. The Kier molecular flexibility index (Phi) is 6.73. The molecule has 0 saturated heterocycles. The van der Waals surface area contributed by atoms with Gasteiger partial charge in [-0.05, 0) is 31.9 Å². The van der Waals surface area contributed by atoms with E-state index >= 15 is 0 Å². The number of esters is 1. The third kappa shape index (κ3) is 6.33. The summed E-state index contributed by atoms with van der Waals surface area (Å²) in [5.41, 5.74) is 1.58. The molecule has 2 aromatic carbocycles. The molecular weight excluding hydrogens is 314 g/mol. The Bertz CT molecular complexity index is 608. The van der Waals surface area contributed by atoms with Gasteiger partial charge in [0.15, 0.2) is 0 Å². The average Bonchev–Trinajstić information content (AvgIpc) is 2.55. The van der Waals surface area contributed by atoms with Crippen molar-refractivity contribution in [2.75, 3.05) is 6.61 Å². The summed E-state index contributed by atoms with van der Waals surface area (Å²) in [4.78, 5) is 14.5. The quantitative estimate of drug-likeness (QED) is 0.784. The smallest absolute Gasteiger partial charge is 0.326 e. The van der Waals surface area contributed by atoms with Gasteiger partial charge in [-0.1, -0.05) is 60.7 Å². The molecule has 0 aliphatic rings. The molecular formula is C21H27NO3. The van der Waals surface area contributed by atoms with E-state index in [-0.39, 0.29) is 6.61 Å². The normalized spacial score (nSPS) is 12.8. The van der Waals surface area contributed by atoms with E-state index < -0.39 is 17.6 Å². The summed E-state index contributed by atoms with van der Waals surface area (Å²) >= 11 is 0. The zero-order chi connectivity index (χ0) is 18.3. The highest BCUT2D eigenvalue weighted by Gasteiger charge is 2.30. The Labute approximate surface area is 150 Å². The van der Waals surface area contributed by atoms with E-state index in [0.717, 1.165) is 11.1 Å². The predicted octanol–water partition coefficient (Wildman–Crippen LogP) is 3.39. The Morgan fingerprint density at radius 1 is 0.960 bits per heavy atom. The second-order valence-electron chi connectivity index (χ2n) is 7.11. The first-order valence-corrected chi connectivity index (χ1v) is 8.54. The number of carbonyl (C=O) groups is 1. The van der Waals surface area contributed by atoms with Crippen LogP contribution in [-0.2, 0) is 22.6 Å². The van der Waals surface area contributed by atoms with Crippen LogP contribution in [0.15, 0.2) is 60.7 Å². The minimum absolute atomic E-state index is 0.283. The number of rotatable bonds is 7. The average molecular weight is 341 g/mol. The van der Waals surface area contributed by atoms with Crippen LogP contribution in [0.5, 0.6) is 0 Å². The van der Waals surface area contributed by atoms with Crippen LogP contribution in [-0.4, -0.2) is 34.2 Å². The van der Waals surface area contributed by atoms with Gasteiger partial charge >= 0.3 is 5.97 Å². The molecule has 0 saturated carbocycles. The lowest BCUT2D eigenvalue weighted by Gasteiger charge is -2.31. The van der Waals surface area contributed by atoms with Crippen LogP contribution in [0.4, 0.5) is 0 Å². The molecule has 2 aromatic rings. The maximum atomic E-state index is 12.6. The first-order chi connectivity index (χ1) is 11.9. The van der Waals surface area contributed by atoms with Crippen molar-refractivity contribution in [2.45, 2.75) is 45.5 Å². The lowest BCUT2D eigenvalue weighted by atomic mass is 10.1. The lowest BCUT2D eigenvalue weighted by Crippen LogP contribution is -2.46. The molecule has 1 N–H and O–H groups in total. The van der Waals surface area contributed by atoms with Crippen molar-refractivity contribution in [1.82, 2.24) is 4.90 Å². The van der Waals surface area contributed by atoms with Gasteiger partial charge in [-0.2, -0.15) is 0 Å². The van der Waals surface area contributed by atoms with E-state index in [1.165, 1.54) is 0 Å². The van der Waals surface area contributed by atoms with Gasteiger partial charge < -0.3 is 9.84 Å². The summed E-state index contributed by atoms with van der Waals surface area (Å²) in [6, 6.07) is 19.2. The fourth-order valence-corrected chi connectivity index (χ4v) is 2.62. The molecule has 0 bridgehead atoms. The fraction of sp³-hybridized carbons (Fsp3) is 0.381. The van der Waals surface area contributed by atoms with Crippen LogP contribution >= 0.6 is 0 Å². The molecule has 4 heteroatoms. The van der Waals surface area contributed by atoms with Crippen LogP contribution < -0.4 is 0 Å². The summed E-state index contributed by atoms with van der Waals surface area (Å²) in [5.74, 6) is -0.401. The molecule has 0 fully saturated rings. The van der Waals surface area contributed by atoms with E-state index in [1.54, 1.807) is 0 Å². The summed E-state index contributed by atoms with van der Waals surface area (Å²) in [5, 5.41) is 9.88. The number of benzene rings is 2. The molecule has 0 amide bonds. The third-order valence-corrected chi connectivity index (χ3v) is 3.75. The van der Waals surface area contributed by atoms with Crippen LogP contribution in [0, 0.1) is 0 Å². The highest BCUT2D eigenvalue weighted by Crippen LogP contribution is 2.17. The van der Waals surface area contributed by atoms with Crippen molar-refractivity contribution >= 4 is 5.97 Å². The van der Waals surface area contributed by atoms with Crippen LogP contribution in [0.3, 0.4) is 0 Å². The van der Waals surface area contributed by atoms with E-state index in [1.807, 2.05) is 86.3 Å². The van der Waals surface area contributed by atoms with E-state index in [4.69, 9.17) is 4.74 Å². The van der Waals surface area contributed by atoms with Crippen LogP contribution in [0.1, 0.15) is 31.9 Å². The largest absolute Gasteiger partial charge is 0.459 e. The standard InChI is InChI=1S/C21H27NO3/c1-21(2,3)25-20(24)19(16-23)22(14-17-10-6-4-7-11-17)15-18-12-8-5-9-13-18/h4-13,19,23H,14-16H2,1-3H3/t19-/m0/s1. The number of carbonyl (C=O) groups excluding carboxylic acids is 1. The first kappa shape index (κ1) is 19.2. The van der Waals surface area contributed by atoms with E-state index in [9.17, 15) is 9.90 Å². The molecule has 0 aromatic heterocycles. The molecule has 0 radical (unpaired) electrons. The molecule has 0 unspecified atom stereocenters. The van der Waals surface area contributed by atoms with Gasteiger partial charge in [0, 0.05) is 13.1 Å². The second-order valence-corrected chi connectivity index (χ2v) is 7.11. The Hall–Kier alpha value is -2.17. The SMILES string of the molecule is CC(C)(C)OC(=O)[C@H](CO)N(Cc1ccccc1)Cc1ccccc1. The first-order valence-electron chi connectivity index (χ1n) is 8.54. The van der Waals surface area contributed by atoms with Crippen molar-refractivity contribution < 1.29 is 14.6 Å². The van der Waals surface area contributed by atoms with Crippen LogP contribution in [0.25, 0.3) is 0 Å². The molecule has 0 aliphatic carbocycles. The minimum atomic E-state index is -0.709. The predicted molar refractivity (Wildman–Crippen MR) is 98.8 cm³/mol. The number of ether oxygens (including phenoxy) is 1. The Morgan fingerprint density at radius 3 is 1.76 bits per heavy atom. The molecule has 0 spiro atoms. The summed E-state index contributed by atoms with van der Waals surface area (Å²) in [6.45, 7) is 6.32. The van der Waals surface area contributed by atoms with E-state index in [0.29, 0.717) is 13.1 Å². The van der Waals surface area contributed by atoms with Gasteiger partial charge in [-0.25, -0.2) is 0 Å². The monoisotopic (exact) mass is 341 g/mol. The van der Waals surface area contributed by atoms with Crippen molar-refractivity contribution in [3.8, 4) is 0 Å². The highest BCUT2D eigenvalue weighted by atomic mass is 16.6. The lowest BCUT2D eigenvalue weighted by molar-refractivity contribution is -0.163. The minimum Gasteiger partial charge on any atom is -0.459 e. The fourth-order valence-electron chi connectivity index (χ4n) is 2.62. The number of nitrogens with zero attached hydrogens (tertiary/aromatic N) is 1. The Morgan fingerprint density at radius 2 is 1.40 bits per heavy atom. The Balaban J connectivity index is 2.23. The number of aliphatic hydroxyl groups excluding tert-OH is 1. The van der Waals surface area contributed by atoms with Crippen molar-refractivity contribution in [3.05, 3.63) is 71.8 Å². The highest BCUT2D eigenvalue weighted by molar-refractivity contribution is 5.76. The van der Waals surface area contributed by atoms with Gasteiger partial charge in [0.1, 0.15) is 11.6 Å². The van der Waals surface area contributed by atoms with Crippen molar-refractivity contribution in [2.24, 2.45) is 0 Å². The molecule has 2 rings (SSSR count). The molecule has 4 nitrogen and oxygen atoms in total. The zero-order valence-corrected chi connectivity index (χ0v) is 15.2. The zero-order valence-electron chi connectivity index (χ0n) is 15.2. The number of hydrogen-bond acceptors (Lipinski definition) is 4. The topological polar surface area (TPSA) is 49.8 Å². The molecule has 25 heavy (non-hydrogen) atoms. The molecule has 134 valence electrons. The summed E-state index contributed by atoms with van der Waals surface area (Å²) in [6.07, 6.45) is 0. The summed E-state index contributed by atoms with van der Waals surface area (Å²) in [7, 11) is 0. The number of hydrogen-bond donors (Lipinski definition) is 1. The third-order valence-electron chi connectivity index (χ3n) is 3.75. The maximum absolute atomic E-state index is 12.6. The second kappa shape index (κ2) is 8.79. The van der Waals surface area contributed by atoms with Gasteiger partial charge in [-0.3, -0.25) is 9.69 Å². The molecule has 0 aliphatic heterocycles. The summed E-state index contributed by atoms with van der Waals surface area (Å²) < 4.78 is 5.51. The van der Waals surface area contributed by atoms with Crippen molar-refractivity contribution in [1.29, 1.82) is 0 Å². The van der Waals surface area contributed by atoms with Gasteiger partial charge in [0.25, 0.3) is 0 Å². The van der Waals surface area contributed by atoms with Gasteiger partial charge in [0.05, 0.1) is 6.61 Å². The van der Waals surface area contributed by atoms with Crippen molar-refractivity contribution in [3.63, 3.8) is 0 Å². The molecule has 1 atom stereocenters. The van der Waals surface area contributed by atoms with Gasteiger partial charge in [0.2, 0.25) is 0 Å². The number of aliphatic hydroxyl groups is 1. The van der Waals surface area contributed by atoms with Gasteiger partial charge in [-0.15, -0.1) is 0 Å².